The lowest BCUT2D eigenvalue weighted by Gasteiger charge is -2.19. The summed E-state index contributed by atoms with van der Waals surface area (Å²) in [6.45, 7) is 2.33. The van der Waals surface area contributed by atoms with Crippen LogP contribution in [0, 0.1) is 0 Å². The zero-order chi connectivity index (χ0) is 19.1. The third kappa shape index (κ3) is 5.00. The van der Waals surface area contributed by atoms with Gasteiger partial charge in [-0.3, -0.25) is 4.79 Å². The van der Waals surface area contributed by atoms with Gasteiger partial charge >= 0.3 is 6.03 Å². The molecule has 1 fully saturated rings. The van der Waals surface area contributed by atoms with Gasteiger partial charge in [0.25, 0.3) is 0 Å². The second-order valence-corrected chi connectivity index (χ2v) is 6.51. The molecule has 2 N–H and O–H groups in total. The van der Waals surface area contributed by atoms with Gasteiger partial charge in [-0.2, -0.15) is 0 Å². The number of urea groups is 1. The Bertz CT molecular complexity index is 762. The number of benzene rings is 2. The smallest absolute Gasteiger partial charge is 0.317 e. The molecule has 142 valence electrons. The molecule has 27 heavy (non-hydrogen) atoms. The second-order valence-electron chi connectivity index (χ2n) is 6.51. The van der Waals surface area contributed by atoms with Crippen molar-refractivity contribution in [3.63, 3.8) is 0 Å². The molecule has 1 saturated heterocycles. The van der Waals surface area contributed by atoms with Crippen molar-refractivity contribution in [2.24, 2.45) is 0 Å². The fourth-order valence-electron chi connectivity index (χ4n) is 3.26. The summed E-state index contributed by atoms with van der Waals surface area (Å²) < 4.78 is 5.23. The Morgan fingerprint density at radius 3 is 2.48 bits per heavy atom. The van der Waals surface area contributed by atoms with Crippen molar-refractivity contribution in [1.82, 2.24) is 15.5 Å². The molecule has 0 aromatic heterocycles. The van der Waals surface area contributed by atoms with E-state index in [1.54, 1.807) is 12.0 Å². The van der Waals surface area contributed by atoms with Crippen LogP contribution >= 0.6 is 0 Å². The standard InChI is InChI=1S/C21H25N3O3/c1-27-18-9-7-17(8-10-18)19(16-5-3-2-4-6-16)15-20(25)22-11-13-24-14-12-23-21(24)26/h2-10,19H,11-15H2,1H3,(H,22,25)(H,23,26). The van der Waals surface area contributed by atoms with E-state index in [4.69, 9.17) is 4.74 Å². The monoisotopic (exact) mass is 367 g/mol. The van der Waals surface area contributed by atoms with Gasteiger partial charge in [-0.15, -0.1) is 0 Å². The van der Waals surface area contributed by atoms with Gasteiger partial charge in [0.15, 0.2) is 0 Å². The summed E-state index contributed by atoms with van der Waals surface area (Å²) in [6, 6.07) is 17.8. The minimum absolute atomic E-state index is 0.0284. The number of hydrogen-bond donors (Lipinski definition) is 2. The molecule has 1 atom stereocenters. The lowest BCUT2D eigenvalue weighted by atomic mass is 9.88. The Morgan fingerprint density at radius 1 is 1.15 bits per heavy atom. The molecule has 0 bridgehead atoms. The van der Waals surface area contributed by atoms with E-state index >= 15 is 0 Å². The number of ether oxygens (including phenoxy) is 1. The van der Waals surface area contributed by atoms with Crippen molar-refractivity contribution in [2.45, 2.75) is 12.3 Å². The van der Waals surface area contributed by atoms with Crippen molar-refractivity contribution in [3.8, 4) is 5.75 Å². The molecular weight excluding hydrogens is 342 g/mol. The maximum Gasteiger partial charge on any atom is 0.317 e. The van der Waals surface area contributed by atoms with Gasteiger partial charge in [0.05, 0.1) is 7.11 Å². The summed E-state index contributed by atoms with van der Waals surface area (Å²) in [4.78, 5) is 25.8. The molecule has 1 unspecified atom stereocenters. The predicted octanol–water partition coefficient (Wildman–Crippen LogP) is 2.36. The zero-order valence-electron chi connectivity index (χ0n) is 15.5. The molecule has 6 heteroatoms. The van der Waals surface area contributed by atoms with Crippen LogP contribution in [0.25, 0.3) is 0 Å². The van der Waals surface area contributed by atoms with E-state index in [-0.39, 0.29) is 17.9 Å². The molecule has 0 aliphatic carbocycles. The first-order chi connectivity index (χ1) is 13.2. The van der Waals surface area contributed by atoms with Crippen LogP contribution in [0.5, 0.6) is 5.75 Å². The van der Waals surface area contributed by atoms with Gasteiger partial charge in [0, 0.05) is 38.5 Å². The van der Waals surface area contributed by atoms with E-state index in [0.717, 1.165) is 16.9 Å². The van der Waals surface area contributed by atoms with Crippen molar-refractivity contribution < 1.29 is 14.3 Å². The van der Waals surface area contributed by atoms with Crippen LogP contribution in [-0.4, -0.2) is 50.1 Å². The third-order valence-electron chi connectivity index (χ3n) is 4.76. The largest absolute Gasteiger partial charge is 0.497 e. The quantitative estimate of drug-likeness (QED) is 0.752. The van der Waals surface area contributed by atoms with Crippen LogP contribution in [0.4, 0.5) is 4.79 Å². The number of methoxy groups -OCH3 is 1. The van der Waals surface area contributed by atoms with Crippen LogP contribution in [0.1, 0.15) is 23.5 Å². The Morgan fingerprint density at radius 2 is 1.85 bits per heavy atom. The highest BCUT2D eigenvalue weighted by Crippen LogP contribution is 2.29. The molecule has 1 aliphatic rings. The van der Waals surface area contributed by atoms with Gasteiger partial charge in [-0.1, -0.05) is 42.5 Å². The number of carbonyl (C=O) groups is 2. The van der Waals surface area contributed by atoms with E-state index in [1.807, 2.05) is 54.6 Å². The van der Waals surface area contributed by atoms with E-state index < -0.39 is 0 Å². The average Bonchev–Trinajstić information content (AvgIpc) is 3.12. The summed E-state index contributed by atoms with van der Waals surface area (Å²) in [5.41, 5.74) is 2.16. The number of hydrogen-bond acceptors (Lipinski definition) is 3. The highest BCUT2D eigenvalue weighted by Gasteiger charge is 2.20. The van der Waals surface area contributed by atoms with E-state index in [1.165, 1.54) is 0 Å². The molecule has 3 amide bonds. The van der Waals surface area contributed by atoms with E-state index in [2.05, 4.69) is 10.6 Å². The maximum absolute atomic E-state index is 12.5. The fourth-order valence-corrected chi connectivity index (χ4v) is 3.26. The molecule has 3 rings (SSSR count). The summed E-state index contributed by atoms with van der Waals surface area (Å²) in [6.07, 6.45) is 0.350. The van der Waals surface area contributed by atoms with Crippen molar-refractivity contribution in [1.29, 1.82) is 0 Å². The summed E-state index contributed by atoms with van der Waals surface area (Å²) in [5, 5.41) is 5.69. The molecule has 0 radical (unpaired) electrons. The Labute approximate surface area is 159 Å². The minimum Gasteiger partial charge on any atom is -0.497 e. The molecular formula is C21H25N3O3. The van der Waals surface area contributed by atoms with E-state index in [0.29, 0.717) is 32.6 Å². The molecule has 0 saturated carbocycles. The molecule has 1 aliphatic heterocycles. The summed E-state index contributed by atoms with van der Waals surface area (Å²) in [5.74, 6) is 0.727. The second kappa shape index (κ2) is 9.07. The highest BCUT2D eigenvalue weighted by atomic mass is 16.5. The average molecular weight is 367 g/mol. The van der Waals surface area contributed by atoms with Crippen LogP contribution < -0.4 is 15.4 Å². The summed E-state index contributed by atoms with van der Waals surface area (Å²) in [7, 11) is 1.64. The third-order valence-corrected chi connectivity index (χ3v) is 4.76. The van der Waals surface area contributed by atoms with Crippen LogP contribution in [0.15, 0.2) is 54.6 Å². The van der Waals surface area contributed by atoms with Crippen molar-refractivity contribution >= 4 is 11.9 Å². The number of rotatable bonds is 8. The van der Waals surface area contributed by atoms with Crippen LogP contribution in [0.3, 0.4) is 0 Å². The molecule has 6 nitrogen and oxygen atoms in total. The molecule has 1 heterocycles. The van der Waals surface area contributed by atoms with Gasteiger partial charge in [-0.25, -0.2) is 4.79 Å². The van der Waals surface area contributed by atoms with Gasteiger partial charge < -0.3 is 20.3 Å². The molecule has 2 aromatic rings. The molecule has 0 spiro atoms. The van der Waals surface area contributed by atoms with Crippen LogP contribution in [-0.2, 0) is 4.79 Å². The number of nitrogens with one attached hydrogen (secondary N) is 2. The first kappa shape index (κ1) is 18.8. The molecule has 2 aromatic carbocycles. The highest BCUT2D eigenvalue weighted by molar-refractivity contribution is 5.78. The predicted molar refractivity (Wildman–Crippen MR) is 104 cm³/mol. The first-order valence-corrected chi connectivity index (χ1v) is 9.15. The lowest BCUT2D eigenvalue weighted by molar-refractivity contribution is -0.121. The normalized spacial score (nSPS) is 14.6. The SMILES string of the molecule is COc1ccc(C(CC(=O)NCCN2CCNC2=O)c2ccccc2)cc1. The number of amides is 3. The Kier molecular flexibility index (Phi) is 6.30. The van der Waals surface area contributed by atoms with Gasteiger partial charge in [-0.05, 0) is 23.3 Å². The topological polar surface area (TPSA) is 70.7 Å². The number of carbonyl (C=O) groups excluding carboxylic acids is 2. The Hall–Kier alpha value is -3.02. The van der Waals surface area contributed by atoms with Gasteiger partial charge in [0.1, 0.15) is 5.75 Å². The van der Waals surface area contributed by atoms with Gasteiger partial charge in [0.2, 0.25) is 5.91 Å². The minimum atomic E-state index is -0.0651. The fraction of sp³-hybridized carbons (Fsp3) is 0.333. The van der Waals surface area contributed by atoms with Crippen LogP contribution in [0.2, 0.25) is 0 Å². The Balaban J connectivity index is 1.63. The zero-order valence-corrected chi connectivity index (χ0v) is 15.5. The maximum atomic E-state index is 12.5. The van der Waals surface area contributed by atoms with Crippen molar-refractivity contribution in [3.05, 3.63) is 65.7 Å². The van der Waals surface area contributed by atoms with Crippen molar-refractivity contribution in [2.75, 3.05) is 33.3 Å². The lowest BCUT2D eigenvalue weighted by Crippen LogP contribution is -2.37. The van der Waals surface area contributed by atoms with E-state index in [9.17, 15) is 9.59 Å². The summed E-state index contributed by atoms with van der Waals surface area (Å²) >= 11 is 0. The number of nitrogens with zero attached hydrogens (tertiary/aromatic N) is 1. The first-order valence-electron chi connectivity index (χ1n) is 9.15.